The number of thioether (sulfide) groups is 1. The molecule has 0 unspecified atom stereocenters. The number of hydrogen-bond acceptors (Lipinski definition) is 6. The highest BCUT2D eigenvalue weighted by Crippen LogP contribution is 2.39. The van der Waals surface area contributed by atoms with Gasteiger partial charge in [0.05, 0.1) is 26.2 Å². The van der Waals surface area contributed by atoms with Gasteiger partial charge in [0.25, 0.3) is 5.91 Å². The number of hydrogen-bond donors (Lipinski definition) is 1. The summed E-state index contributed by atoms with van der Waals surface area (Å²) < 4.78 is 10.5. The van der Waals surface area contributed by atoms with Crippen molar-refractivity contribution in [3.8, 4) is 11.5 Å². The molecule has 1 saturated heterocycles. The molecule has 0 saturated carbocycles. The van der Waals surface area contributed by atoms with Gasteiger partial charge in [0, 0.05) is 23.7 Å². The van der Waals surface area contributed by atoms with Crippen molar-refractivity contribution in [3.05, 3.63) is 95.1 Å². The van der Waals surface area contributed by atoms with Crippen LogP contribution in [0.4, 0.5) is 0 Å². The van der Waals surface area contributed by atoms with E-state index in [1.165, 1.54) is 6.21 Å². The summed E-state index contributed by atoms with van der Waals surface area (Å²) in [4.78, 5) is 26.9. The van der Waals surface area contributed by atoms with Gasteiger partial charge in [0.1, 0.15) is 16.9 Å². The molecule has 2 amide bonds. The van der Waals surface area contributed by atoms with Gasteiger partial charge in [-0.1, -0.05) is 42.5 Å². The quantitative estimate of drug-likeness (QED) is 0.389. The number of methoxy groups -OCH3 is 2. The molecule has 8 heteroatoms. The Kier molecular flexibility index (Phi) is 7.49. The molecular formula is C26H25N3O4S. The summed E-state index contributed by atoms with van der Waals surface area (Å²) in [5.41, 5.74) is 5.80. The van der Waals surface area contributed by atoms with Crippen LogP contribution in [0.1, 0.15) is 32.4 Å². The SMILES string of the molecule is COc1ccc(/C=N\NC(=O)c2ccc([C@@H]3SCC(=O)N3Cc3ccccc3)cc2)c(OC)c1. The van der Waals surface area contributed by atoms with E-state index in [0.717, 1.165) is 11.1 Å². The minimum atomic E-state index is -0.327. The Balaban J connectivity index is 1.40. The molecule has 4 rings (SSSR count). The molecular weight excluding hydrogens is 450 g/mol. The zero-order valence-electron chi connectivity index (χ0n) is 18.9. The third kappa shape index (κ3) is 5.40. The zero-order chi connectivity index (χ0) is 23.9. The van der Waals surface area contributed by atoms with Gasteiger partial charge in [-0.25, -0.2) is 5.43 Å². The van der Waals surface area contributed by atoms with Gasteiger partial charge >= 0.3 is 0 Å². The molecule has 3 aromatic rings. The predicted molar refractivity (Wildman–Crippen MR) is 133 cm³/mol. The molecule has 1 atom stereocenters. The Morgan fingerprint density at radius 3 is 2.56 bits per heavy atom. The maximum absolute atomic E-state index is 12.5. The first-order chi connectivity index (χ1) is 16.6. The molecule has 1 fully saturated rings. The summed E-state index contributed by atoms with van der Waals surface area (Å²) in [6.07, 6.45) is 1.52. The molecule has 34 heavy (non-hydrogen) atoms. The third-order valence-electron chi connectivity index (χ3n) is 5.43. The lowest BCUT2D eigenvalue weighted by Crippen LogP contribution is -2.27. The maximum Gasteiger partial charge on any atom is 0.271 e. The number of ether oxygens (including phenoxy) is 2. The predicted octanol–water partition coefficient (Wildman–Crippen LogP) is 4.24. The van der Waals surface area contributed by atoms with Crippen molar-refractivity contribution in [2.24, 2.45) is 5.10 Å². The fourth-order valence-electron chi connectivity index (χ4n) is 3.63. The van der Waals surface area contributed by atoms with E-state index in [0.29, 0.717) is 34.9 Å². The summed E-state index contributed by atoms with van der Waals surface area (Å²) in [5, 5.41) is 3.97. The number of nitrogens with one attached hydrogen (secondary N) is 1. The summed E-state index contributed by atoms with van der Waals surface area (Å²) in [5.74, 6) is 1.49. The fraction of sp³-hybridized carbons (Fsp3) is 0.192. The number of carbonyl (C=O) groups excluding carboxylic acids is 2. The Bertz CT molecular complexity index is 1180. The Morgan fingerprint density at radius 1 is 1.09 bits per heavy atom. The lowest BCUT2D eigenvalue weighted by Gasteiger charge is -2.24. The van der Waals surface area contributed by atoms with Gasteiger partial charge in [-0.3, -0.25) is 9.59 Å². The zero-order valence-corrected chi connectivity index (χ0v) is 19.7. The highest BCUT2D eigenvalue weighted by Gasteiger charge is 2.32. The van der Waals surface area contributed by atoms with Crippen molar-refractivity contribution in [1.29, 1.82) is 0 Å². The molecule has 3 aromatic carbocycles. The summed E-state index contributed by atoms with van der Waals surface area (Å²) in [6.45, 7) is 0.559. The second-order valence-electron chi connectivity index (χ2n) is 7.60. The van der Waals surface area contributed by atoms with Crippen LogP contribution in [0.2, 0.25) is 0 Å². The van der Waals surface area contributed by atoms with Crippen molar-refractivity contribution < 1.29 is 19.1 Å². The average molecular weight is 476 g/mol. The number of nitrogens with zero attached hydrogens (tertiary/aromatic N) is 2. The fourth-order valence-corrected chi connectivity index (χ4v) is 4.82. The topological polar surface area (TPSA) is 80.2 Å². The van der Waals surface area contributed by atoms with Gasteiger partial charge in [-0.15, -0.1) is 11.8 Å². The summed E-state index contributed by atoms with van der Waals surface area (Å²) in [6, 6.07) is 22.5. The van der Waals surface area contributed by atoms with E-state index in [4.69, 9.17) is 9.47 Å². The van der Waals surface area contributed by atoms with E-state index in [-0.39, 0.29) is 17.2 Å². The minimum Gasteiger partial charge on any atom is -0.497 e. The molecule has 0 aromatic heterocycles. The van der Waals surface area contributed by atoms with Crippen molar-refractivity contribution in [2.45, 2.75) is 11.9 Å². The standard InChI is InChI=1S/C26H25N3O4S/c1-32-22-13-12-21(23(14-22)33-2)15-27-28-25(31)19-8-10-20(11-9-19)26-29(24(30)17-34-26)16-18-6-4-3-5-7-18/h3-15,26H,16-17H2,1-2H3,(H,28,31)/b27-15-/t26-/m0/s1. The van der Waals surface area contributed by atoms with E-state index in [9.17, 15) is 9.59 Å². The van der Waals surface area contributed by atoms with Crippen molar-refractivity contribution in [1.82, 2.24) is 10.3 Å². The molecule has 174 valence electrons. The van der Waals surface area contributed by atoms with Crippen LogP contribution < -0.4 is 14.9 Å². The van der Waals surface area contributed by atoms with Crippen LogP contribution in [0.3, 0.4) is 0 Å². The Labute approximate surface area is 202 Å². The number of rotatable bonds is 8. The molecule has 0 bridgehead atoms. The molecule has 7 nitrogen and oxygen atoms in total. The van der Waals surface area contributed by atoms with Gasteiger partial charge in [-0.05, 0) is 35.4 Å². The first kappa shape index (κ1) is 23.4. The molecule has 0 radical (unpaired) electrons. The van der Waals surface area contributed by atoms with E-state index >= 15 is 0 Å². The second kappa shape index (κ2) is 10.9. The van der Waals surface area contributed by atoms with E-state index in [1.807, 2.05) is 47.4 Å². The van der Waals surface area contributed by atoms with Gasteiger partial charge in [0.2, 0.25) is 5.91 Å². The highest BCUT2D eigenvalue weighted by molar-refractivity contribution is 8.00. The lowest BCUT2D eigenvalue weighted by molar-refractivity contribution is -0.128. The number of hydrazone groups is 1. The van der Waals surface area contributed by atoms with Crippen molar-refractivity contribution >= 4 is 29.8 Å². The molecule has 0 aliphatic carbocycles. The smallest absolute Gasteiger partial charge is 0.271 e. The van der Waals surface area contributed by atoms with Gasteiger partial charge in [0.15, 0.2) is 0 Å². The molecule has 0 spiro atoms. The van der Waals surface area contributed by atoms with Gasteiger partial charge in [-0.2, -0.15) is 5.10 Å². The number of amides is 2. The normalized spacial score (nSPS) is 15.5. The van der Waals surface area contributed by atoms with Crippen LogP contribution in [-0.4, -0.2) is 42.9 Å². The molecule has 1 heterocycles. The Hall–Kier alpha value is -3.78. The largest absolute Gasteiger partial charge is 0.497 e. The molecule has 1 N–H and O–H groups in total. The van der Waals surface area contributed by atoms with E-state index in [2.05, 4.69) is 10.5 Å². The van der Waals surface area contributed by atoms with Crippen LogP contribution in [-0.2, 0) is 11.3 Å². The van der Waals surface area contributed by atoms with E-state index in [1.54, 1.807) is 56.3 Å². The van der Waals surface area contributed by atoms with Crippen LogP contribution in [0.15, 0.2) is 77.9 Å². The average Bonchev–Trinajstić information content (AvgIpc) is 3.24. The molecule has 1 aliphatic rings. The van der Waals surface area contributed by atoms with Crippen LogP contribution in [0.5, 0.6) is 11.5 Å². The second-order valence-corrected chi connectivity index (χ2v) is 8.67. The monoisotopic (exact) mass is 475 g/mol. The van der Waals surface area contributed by atoms with Crippen molar-refractivity contribution in [2.75, 3.05) is 20.0 Å². The first-order valence-electron chi connectivity index (χ1n) is 10.7. The number of benzene rings is 3. The lowest BCUT2D eigenvalue weighted by atomic mass is 10.1. The van der Waals surface area contributed by atoms with Crippen molar-refractivity contribution in [3.63, 3.8) is 0 Å². The van der Waals surface area contributed by atoms with Crippen LogP contribution in [0, 0.1) is 0 Å². The highest BCUT2D eigenvalue weighted by atomic mass is 32.2. The number of carbonyl (C=O) groups is 2. The van der Waals surface area contributed by atoms with Crippen LogP contribution in [0.25, 0.3) is 0 Å². The Morgan fingerprint density at radius 2 is 1.85 bits per heavy atom. The minimum absolute atomic E-state index is 0.0784. The third-order valence-corrected chi connectivity index (χ3v) is 6.69. The molecule has 1 aliphatic heterocycles. The van der Waals surface area contributed by atoms with Crippen LogP contribution >= 0.6 is 11.8 Å². The first-order valence-corrected chi connectivity index (χ1v) is 11.7. The van der Waals surface area contributed by atoms with Gasteiger partial charge < -0.3 is 14.4 Å². The summed E-state index contributed by atoms with van der Waals surface area (Å²) in [7, 11) is 3.14. The maximum atomic E-state index is 12.5. The summed E-state index contributed by atoms with van der Waals surface area (Å²) >= 11 is 1.59. The van der Waals surface area contributed by atoms with E-state index < -0.39 is 0 Å².